The van der Waals surface area contributed by atoms with E-state index in [0.717, 1.165) is 25.7 Å². The summed E-state index contributed by atoms with van der Waals surface area (Å²) in [7, 11) is 0. The summed E-state index contributed by atoms with van der Waals surface area (Å²) in [6.45, 7) is 4.97. The van der Waals surface area contributed by atoms with Crippen molar-refractivity contribution in [1.82, 2.24) is 0 Å². The molecule has 0 amide bonds. The van der Waals surface area contributed by atoms with Crippen molar-refractivity contribution in [3.8, 4) is 0 Å². The Hall–Kier alpha value is -1.06. The molecule has 0 radical (unpaired) electrons. The Labute approximate surface area is 275 Å². The lowest BCUT2D eigenvalue weighted by atomic mass is 9.97. The van der Waals surface area contributed by atoms with Gasteiger partial charge in [0.2, 0.25) is 0 Å². The van der Waals surface area contributed by atoms with Gasteiger partial charge in [-0.05, 0) is 12.8 Å². The van der Waals surface area contributed by atoms with Gasteiger partial charge in [0.05, 0.1) is 12.5 Å². The summed E-state index contributed by atoms with van der Waals surface area (Å²) < 4.78 is 5.47. The first-order valence-electron chi connectivity index (χ1n) is 20.0. The Balaban J connectivity index is 3.59. The predicted molar refractivity (Wildman–Crippen MR) is 188 cm³/mol. The van der Waals surface area contributed by atoms with Gasteiger partial charge in [-0.15, -0.1) is 0 Å². The zero-order chi connectivity index (χ0) is 32.2. The van der Waals surface area contributed by atoms with Gasteiger partial charge >= 0.3 is 5.97 Å². The molecule has 0 fully saturated rings. The minimum absolute atomic E-state index is 0.212. The average Bonchev–Trinajstić information content (AvgIpc) is 3.01. The molecule has 44 heavy (non-hydrogen) atoms. The second-order valence-electron chi connectivity index (χ2n) is 13.8. The molecule has 0 aliphatic rings. The van der Waals surface area contributed by atoms with E-state index in [4.69, 9.17) is 4.74 Å². The van der Waals surface area contributed by atoms with Crippen LogP contribution in [0.1, 0.15) is 232 Å². The van der Waals surface area contributed by atoms with Gasteiger partial charge < -0.3 is 14.6 Å². The first-order valence-corrected chi connectivity index (χ1v) is 20.0. The van der Waals surface area contributed by atoms with E-state index >= 15 is 0 Å². The Morgan fingerprint density at radius 3 is 1.00 bits per heavy atom. The highest BCUT2D eigenvalue weighted by atomic mass is 16.5. The van der Waals surface area contributed by atoms with Gasteiger partial charge in [0.15, 0.2) is 0 Å². The maximum Gasteiger partial charge on any atom is 0.309 e. The monoisotopic (exact) mass is 622 g/mol. The normalized spacial score (nSPS) is 12.0. The smallest absolute Gasteiger partial charge is 0.309 e. The first kappa shape index (κ1) is 42.9. The fourth-order valence-electron chi connectivity index (χ4n) is 6.38. The SMILES string of the molecule is CCCCCCCCCCCCCCCCCCOC(=O)C(CCCCCCCCCCCCCCCCCC)CC(=O)[O-]. The molecule has 0 spiro atoms. The molecule has 0 heterocycles. The quantitative estimate of drug-likeness (QED) is 0.0511. The minimum Gasteiger partial charge on any atom is -0.550 e. The third-order valence-electron chi connectivity index (χ3n) is 9.39. The minimum atomic E-state index is -1.15. The molecule has 0 saturated heterocycles. The summed E-state index contributed by atoms with van der Waals surface area (Å²) in [5.41, 5.74) is 0. The van der Waals surface area contributed by atoms with Crippen LogP contribution in [0.4, 0.5) is 0 Å². The van der Waals surface area contributed by atoms with Crippen LogP contribution in [0.5, 0.6) is 0 Å². The molecule has 262 valence electrons. The molecule has 0 aromatic rings. The third-order valence-corrected chi connectivity index (χ3v) is 9.39. The highest BCUT2D eigenvalue weighted by Crippen LogP contribution is 2.19. The molecule has 4 heteroatoms. The van der Waals surface area contributed by atoms with Gasteiger partial charge in [-0.3, -0.25) is 4.79 Å². The number of carboxylic acid groups (broad SMARTS) is 1. The number of aliphatic carboxylic acids is 1. The molecule has 0 rings (SSSR count). The van der Waals surface area contributed by atoms with Crippen LogP contribution in [-0.4, -0.2) is 18.5 Å². The van der Waals surface area contributed by atoms with E-state index in [1.165, 1.54) is 180 Å². The fourth-order valence-corrected chi connectivity index (χ4v) is 6.38. The van der Waals surface area contributed by atoms with Gasteiger partial charge in [0.25, 0.3) is 0 Å². The van der Waals surface area contributed by atoms with E-state index in [1.54, 1.807) is 0 Å². The number of carbonyl (C=O) groups is 2. The summed E-state index contributed by atoms with van der Waals surface area (Å²) in [4.78, 5) is 23.7. The van der Waals surface area contributed by atoms with E-state index in [-0.39, 0.29) is 12.4 Å². The Bertz CT molecular complexity index is 590. The Morgan fingerprint density at radius 1 is 0.432 bits per heavy atom. The molecular weight excluding hydrogens is 544 g/mol. The fraction of sp³-hybridized carbons (Fsp3) is 0.950. The van der Waals surface area contributed by atoms with Crippen molar-refractivity contribution in [3.63, 3.8) is 0 Å². The number of esters is 1. The van der Waals surface area contributed by atoms with Gasteiger partial charge in [0, 0.05) is 12.4 Å². The molecule has 0 saturated carbocycles. The second kappa shape index (κ2) is 36.4. The third kappa shape index (κ3) is 33.8. The number of unbranched alkanes of at least 4 members (excludes halogenated alkanes) is 30. The molecule has 1 atom stereocenters. The highest BCUT2D eigenvalue weighted by molar-refractivity contribution is 5.78. The summed E-state index contributed by atoms with van der Waals surface area (Å²) in [6, 6.07) is 0. The van der Waals surface area contributed by atoms with E-state index in [9.17, 15) is 14.7 Å². The maximum atomic E-state index is 12.5. The zero-order valence-electron chi connectivity index (χ0n) is 30.0. The number of carboxylic acids is 1. The molecular formula is C40H77O4-. The number of hydrogen-bond donors (Lipinski definition) is 0. The number of carbonyl (C=O) groups excluding carboxylic acids is 2. The van der Waals surface area contributed by atoms with Crippen molar-refractivity contribution in [1.29, 1.82) is 0 Å². The van der Waals surface area contributed by atoms with E-state index in [0.29, 0.717) is 13.0 Å². The Kier molecular flexibility index (Phi) is 35.5. The highest BCUT2D eigenvalue weighted by Gasteiger charge is 2.20. The van der Waals surface area contributed by atoms with Gasteiger partial charge in [-0.25, -0.2) is 0 Å². The van der Waals surface area contributed by atoms with Crippen molar-refractivity contribution in [2.45, 2.75) is 232 Å². The van der Waals surface area contributed by atoms with Crippen LogP contribution in [0.2, 0.25) is 0 Å². The molecule has 0 N–H and O–H groups in total. The number of rotatable bonds is 37. The van der Waals surface area contributed by atoms with Crippen molar-refractivity contribution < 1.29 is 19.4 Å². The van der Waals surface area contributed by atoms with Crippen molar-refractivity contribution in [3.05, 3.63) is 0 Å². The van der Waals surface area contributed by atoms with Gasteiger partial charge in [-0.2, -0.15) is 0 Å². The standard InChI is InChI=1S/C40H78O4/c1-3-5-7-9-11-13-15-17-19-21-23-25-27-29-31-33-35-38(37-39(41)42)40(43)44-36-34-32-30-28-26-24-22-20-18-16-14-12-10-8-6-4-2/h38H,3-37H2,1-2H3,(H,41,42)/p-1. The van der Waals surface area contributed by atoms with E-state index in [1.807, 2.05) is 0 Å². The van der Waals surface area contributed by atoms with E-state index in [2.05, 4.69) is 13.8 Å². The second-order valence-corrected chi connectivity index (χ2v) is 13.8. The van der Waals surface area contributed by atoms with Crippen molar-refractivity contribution in [2.24, 2.45) is 5.92 Å². The molecule has 4 nitrogen and oxygen atoms in total. The van der Waals surface area contributed by atoms with Crippen LogP contribution in [0.25, 0.3) is 0 Å². The van der Waals surface area contributed by atoms with Crippen LogP contribution < -0.4 is 5.11 Å². The van der Waals surface area contributed by atoms with Crippen LogP contribution in [0, 0.1) is 5.92 Å². The summed E-state index contributed by atoms with van der Waals surface area (Å²) in [6.07, 6.45) is 42.3. The summed E-state index contributed by atoms with van der Waals surface area (Å²) in [5.74, 6) is -2.03. The van der Waals surface area contributed by atoms with Crippen LogP contribution in [0.3, 0.4) is 0 Å². The predicted octanol–water partition coefficient (Wildman–Crippen LogP) is 12.2. The number of ether oxygens (including phenoxy) is 1. The maximum absolute atomic E-state index is 12.5. The van der Waals surface area contributed by atoms with Crippen molar-refractivity contribution in [2.75, 3.05) is 6.61 Å². The topological polar surface area (TPSA) is 66.4 Å². The van der Waals surface area contributed by atoms with Gasteiger partial charge in [0.1, 0.15) is 0 Å². The van der Waals surface area contributed by atoms with Crippen molar-refractivity contribution >= 4 is 11.9 Å². The number of hydrogen-bond acceptors (Lipinski definition) is 4. The lowest BCUT2D eigenvalue weighted by Crippen LogP contribution is -2.29. The van der Waals surface area contributed by atoms with Crippen LogP contribution in [-0.2, 0) is 14.3 Å². The molecule has 1 unspecified atom stereocenters. The first-order chi connectivity index (χ1) is 21.6. The summed E-state index contributed by atoms with van der Waals surface area (Å²) in [5, 5.41) is 11.2. The van der Waals surface area contributed by atoms with Crippen LogP contribution >= 0.6 is 0 Å². The summed E-state index contributed by atoms with van der Waals surface area (Å²) >= 11 is 0. The largest absolute Gasteiger partial charge is 0.550 e. The average molecular weight is 622 g/mol. The lowest BCUT2D eigenvalue weighted by Gasteiger charge is -2.16. The van der Waals surface area contributed by atoms with Gasteiger partial charge in [-0.1, -0.05) is 213 Å². The molecule has 0 aromatic heterocycles. The van der Waals surface area contributed by atoms with E-state index < -0.39 is 11.9 Å². The molecule has 0 aromatic carbocycles. The Morgan fingerprint density at radius 2 is 0.705 bits per heavy atom. The molecule has 0 aliphatic heterocycles. The molecule has 0 bridgehead atoms. The van der Waals surface area contributed by atoms with Crippen LogP contribution in [0.15, 0.2) is 0 Å². The lowest BCUT2D eigenvalue weighted by molar-refractivity contribution is -0.306. The molecule has 0 aliphatic carbocycles. The zero-order valence-corrected chi connectivity index (χ0v) is 30.0.